The maximum atomic E-state index is 9.90. The van der Waals surface area contributed by atoms with Gasteiger partial charge in [0.15, 0.2) is 0 Å². The van der Waals surface area contributed by atoms with Crippen LogP contribution in [0.2, 0.25) is 0 Å². The van der Waals surface area contributed by atoms with Crippen LogP contribution in [0.5, 0.6) is 0 Å². The molecule has 0 saturated heterocycles. The van der Waals surface area contributed by atoms with Crippen molar-refractivity contribution >= 4 is 0 Å². The molecule has 1 aliphatic rings. The Balaban J connectivity index is 2.43. The van der Waals surface area contributed by atoms with E-state index in [1.165, 1.54) is 0 Å². The summed E-state index contributed by atoms with van der Waals surface area (Å²) in [4.78, 5) is 14.1. The summed E-state index contributed by atoms with van der Waals surface area (Å²) in [6, 6.07) is 0. The van der Waals surface area contributed by atoms with Crippen LogP contribution >= 0.6 is 0 Å². The fourth-order valence-corrected chi connectivity index (χ4v) is 1.33. The Morgan fingerprint density at radius 1 is 1.36 bits per heavy atom. The van der Waals surface area contributed by atoms with Crippen molar-refractivity contribution in [2.24, 2.45) is 0 Å². The van der Waals surface area contributed by atoms with Gasteiger partial charge in [-0.05, 0) is 12.8 Å². The molecule has 0 aliphatic heterocycles. The fourth-order valence-electron chi connectivity index (χ4n) is 1.33. The molecular weight excluding hydrogens is 150 g/mol. The van der Waals surface area contributed by atoms with E-state index in [4.69, 9.17) is 0 Å². The molecule has 0 unspecified atom stereocenters. The van der Waals surface area contributed by atoms with Crippen LogP contribution in [-0.4, -0.2) is 16.0 Å². The van der Waals surface area contributed by atoms with Crippen molar-refractivity contribution in [1.29, 1.82) is 0 Å². The van der Waals surface area contributed by atoms with Gasteiger partial charge in [0, 0.05) is 12.8 Å². The van der Waals surface area contributed by atoms with E-state index >= 15 is 0 Å². The van der Waals surface area contributed by atoms with Crippen LogP contribution in [0.1, 0.15) is 32.1 Å². The van der Waals surface area contributed by atoms with Gasteiger partial charge in [-0.3, -0.25) is 4.84 Å². The Hall–Kier alpha value is -0.840. The second-order valence-corrected chi connectivity index (χ2v) is 2.82. The topological polar surface area (TPSA) is 72.6 Å². The minimum absolute atomic E-state index is 0.369. The molecule has 0 aromatic heterocycles. The smallest absolute Gasteiger partial charge is 0.297 e. The lowest BCUT2D eigenvalue weighted by Gasteiger charge is -2.28. The molecule has 0 atom stereocenters. The van der Waals surface area contributed by atoms with Gasteiger partial charge in [-0.2, -0.15) is 0 Å². The Labute approximate surface area is 64.1 Å². The third-order valence-electron chi connectivity index (χ3n) is 1.88. The monoisotopic (exact) mass is 161 g/mol. The minimum atomic E-state index is -1.50. The number of aliphatic hydroxyl groups is 1. The van der Waals surface area contributed by atoms with Crippen molar-refractivity contribution in [2.75, 3.05) is 0 Å². The van der Waals surface area contributed by atoms with Crippen LogP contribution in [0.4, 0.5) is 0 Å². The van der Waals surface area contributed by atoms with Gasteiger partial charge in [0.1, 0.15) is 0 Å². The van der Waals surface area contributed by atoms with Gasteiger partial charge < -0.3 is 5.11 Å². The molecule has 0 bridgehead atoms. The number of rotatable bonds is 2. The van der Waals surface area contributed by atoms with Gasteiger partial charge in [-0.25, -0.2) is 0 Å². The lowest BCUT2D eigenvalue weighted by atomic mass is 9.95. The van der Waals surface area contributed by atoms with Crippen molar-refractivity contribution in [3.05, 3.63) is 10.1 Å². The van der Waals surface area contributed by atoms with Gasteiger partial charge in [0.2, 0.25) is 5.79 Å². The predicted molar refractivity (Wildman–Crippen MR) is 36.1 cm³/mol. The molecule has 5 heteroatoms. The van der Waals surface area contributed by atoms with E-state index in [9.17, 15) is 15.2 Å². The van der Waals surface area contributed by atoms with Crippen LogP contribution in [0.15, 0.2) is 0 Å². The van der Waals surface area contributed by atoms with E-state index in [1.807, 2.05) is 0 Å². The summed E-state index contributed by atoms with van der Waals surface area (Å²) in [6.45, 7) is 0. The van der Waals surface area contributed by atoms with Crippen LogP contribution in [-0.2, 0) is 4.84 Å². The number of nitrogens with zero attached hydrogens (tertiary/aromatic N) is 1. The van der Waals surface area contributed by atoms with E-state index in [1.54, 1.807) is 0 Å². The zero-order chi connectivity index (χ0) is 8.32. The standard InChI is InChI=1S/C6H11NO4/c8-6(11-7(9)10)4-2-1-3-5-6/h8H,1-5H2. The van der Waals surface area contributed by atoms with E-state index in [-0.39, 0.29) is 0 Å². The summed E-state index contributed by atoms with van der Waals surface area (Å²) >= 11 is 0. The van der Waals surface area contributed by atoms with Crippen molar-refractivity contribution < 1.29 is 15.0 Å². The molecule has 0 radical (unpaired) electrons. The van der Waals surface area contributed by atoms with Gasteiger partial charge in [0.25, 0.3) is 5.09 Å². The third kappa shape index (κ3) is 2.34. The first-order chi connectivity index (χ1) is 5.12. The zero-order valence-electron chi connectivity index (χ0n) is 6.15. The number of hydrogen-bond acceptors (Lipinski definition) is 4. The largest absolute Gasteiger partial charge is 0.366 e. The van der Waals surface area contributed by atoms with E-state index in [2.05, 4.69) is 4.84 Å². The average Bonchev–Trinajstić information content (AvgIpc) is 1.85. The van der Waals surface area contributed by atoms with Crippen molar-refractivity contribution in [3.63, 3.8) is 0 Å². The van der Waals surface area contributed by atoms with Crippen molar-refractivity contribution in [2.45, 2.75) is 37.9 Å². The molecule has 1 fully saturated rings. The van der Waals surface area contributed by atoms with Gasteiger partial charge >= 0.3 is 0 Å². The maximum Gasteiger partial charge on any atom is 0.297 e. The molecule has 0 aromatic carbocycles. The second kappa shape index (κ2) is 3.04. The van der Waals surface area contributed by atoms with Crippen LogP contribution in [0.3, 0.4) is 0 Å². The van der Waals surface area contributed by atoms with E-state index in [0.29, 0.717) is 12.8 Å². The number of hydrogen-bond donors (Lipinski definition) is 1. The first-order valence-electron chi connectivity index (χ1n) is 3.68. The fraction of sp³-hybridized carbons (Fsp3) is 1.00. The van der Waals surface area contributed by atoms with Gasteiger partial charge in [0.05, 0.1) is 0 Å². The highest BCUT2D eigenvalue weighted by molar-refractivity contribution is 4.70. The third-order valence-corrected chi connectivity index (χ3v) is 1.88. The van der Waals surface area contributed by atoms with Crippen LogP contribution in [0.25, 0.3) is 0 Å². The first kappa shape index (κ1) is 8.26. The summed E-state index contributed by atoms with van der Waals surface area (Å²) in [7, 11) is 0. The predicted octanol–water partition coefficient (Wildman–Crippen LogP) is 0.847. The molecule has 11 heavy (non-hydrogen) atoms. The molecular formula is C6H11NO4. The zero-order valence-corrected chi connectivity index (χ0v) is 6.15. The average molecular weight is 161 g/mol. The molecule has 0 spiro atoms. The summed E-state index contributed by atoms with van der Waals surface area (Å²) in [5, 5.41) is 18.3. The van der Waals surface area contributed by atoms with Crippen LogP contribution in [0, 0.1) is 10.1 Å². The van der Waals surface area contributed by atoms with Gasteiger partial charge in [-0.1, -0.05) is 6.42 Å². The molecule has 1 aliphatic carbocycles. The molecule has 1 rings (SSSR count). The highest BCUT2D eigenvalue weighted by Crippen LogP contribution is 2.28. The molecule has 0 heterocycles. The van der Waals surface area contributed by atoms with Crippen LogP contribution < -0.4 is 0 Å². The summed E-state index contributed by atoms with van der Waals surface area (Å²) < 4.78 is 0. The van der Waals surface area contributed by atoms with Crippen molar-refractivity contribution in [1.82, 2.24) is 0 Å². The Kier molecular flexibility index (Phi) is 2.28. The second-order valence-electron chi connectivity index (χ2n) is 2.82. The lowest BCUT2D eigenvalue weighted by molar-refractivity contribution is -0.797. The van der Waals surface area contributed by atoms with E-state index < -0.39 is 10.9 Å². The maximum absolute atomic E-state index is 9.90. The summed E-state index contributed by atoms with van der Waals surface area (Å²) in [6.07, 6.45) is 3.35. The molecule has 5 nitrogen and oxygen atoms in total. The summed E-state index contributed by atoms with van der Waals surface area (Å²) in [5.74, 6) is -1.50. The Morgan fingerprint density at radius 2 is 1.91 bits per heavy atom. The normalized spacial score (nSPS) is 22.6. The molecule has 0 aromatic rings. The first-order valence-corrected chi connectivity index (χ1v) is 3.68. The highest BCUT2D eigenvalue weighted by Gasteiger charge is 2.32. The summed E-state index contributed by atoms with van der Waals surface area (Å²) in [5.41, 5.74) is 0. The molecule has 0 amide bonds. The quantitative estimate of drug-likeness (QED) is 0.370. The van der Waals surface area contributed by atoms with Gasteiger partial charge in [-0.15, -0.1) is 10.1 Å². The molecule has 1 saturated carbocycles. The molecule has 64 valence electrons. The highest BCUT2D eigenvalue weighted by atomic mass is 17.0. The van der Waals surface area contributed by atoms with E-state index in [0.717, 1.165) is 19.3 Å². The Bertz CT molecular complexity index is 153. The van der Waals surface area contributed by atoms with Crippen molar-refractivity contribution in [3.8, 4) is 0 Å². The Morgan fingerprint density at radius 3 is 2.36 bits per heavy atom. The lowest BCUT2D eigenvalue weighted by Crippen LogP contribution is -2.36. The minimum Gasteiger partial charge on any atom is -0.366 e. The SMILES string of the molecule is O=[N+]([O-])OC1(O)CCCCC1. The molecule has 1 N–H and O–H groups in total.